The highest BCUT2D eigenvalue weighted by atomic mass is 19.4. The zero-order chi connectivity index (χ0) is 22.0. The first-order chi connectivity index (χ1) is 14.1. The molecule has 1 N–H and O–H groups in total. The fourth-order valence-corrected chi connectivity index (χ4v) is 4.44. The molecule has 2 aromatic carbocycles. The first kappa shape index (κ1) is 22.3. The Balaban J connectivity index is 2.23. The van der Waals surface area contributed by atoms with Crippen molar-refractivity contribution in [3.63, 3.8) is 0 Å². The van der Waals surface area contributed by atoms with Gasteiger partial charge in [0.1, 0.15) is 6.29 Å². The lowest BCUT2D eigenvalue weighted by Crippen LogP contribution is -2.44. The van der Waals surface area contributed by atoms with E-state index in [1.54, 1.807) is 18.2 Å². The molecule has 1 saturated heterocycles. The van der Waals surface area contributed by atoms with Gasteiger partial charge in [-0.05, 0) is 55.3 Å². The first-order valence-corrected chi connectivity index (χ1v) is 9.57. The third kappa shape index (κ3) is 4.53. The van der Waals surface area contributed by atoms with Crippen LogP contribution in [0.5, 0.6) is 0 Å². The normalized spacial score (nSPS) is 18.1. The molecule has 0 spiro atoms. The molecule has 162 valence electrons. The lowest BCUT2D eigenvalue weighted by atomic mass is 9.61. The maximum absolute atomic E-state index is 13.4. The van der Waals surface area contributed by atoms with E-state index in [0.717, 1.165) is 17.7 Å². The summed E-state index contributed by atoms with van der Waals surface area (Å²) < 4.78 is 80.4. The standard InChI is InChI=1S/C22H21F6NO/c23-21(24,25)17-12-15(13-18(14-17)22(26,27)28)19(6-11-30)20(7-9-29-10-8-20)16-4-2-1-3-5-16/h1-5,11-14,19,29H,6-10H2. The fraction of sp³-hybridized carbons (Fsp3) is 0.409. The van der Waals surface area contributed by atoms with Crippen molar-refractivity contribution in [2.45, 2.75) is 42.9 Å². The minimum absolute atomic E-state index is 0.116. The number of benzene rings is 2. The smallest absolute Gasteiger partial charge is 0.317 e. The lowest BCUT2D eigenvalue weighted by Gasteiger charge is -2.44. The summed E-state index contributed by atoms with van der Waals surface area (Å²) in [5.74, 6) is -0.817. The van der Waals surface area contributed by atoms with Gasteiger partial charge in [0.05, 0.1) is 11.1 Å². The molecule has 1 heterocycles. The van der Waals surface area contributed by atoms with Gasteiger partial charge in [-0.15, -0.1) is 0 Å². The Morgan fingerprint density at radius 3 is 1.90 bits per heavy atom. The minimum atomic E-state index is -4.93. The highest BCUT2D eigenvalue weighted by molar-refractivity contribution is 5.54. The van der Waals surface area contributed by atoms with E-state index in [2.05, 4.69) is 5.32 Å². The predicted octanol–water partition coefficient (Wildman–Crippen LogP) is 5.72. The largest absolute Gasteiger partial charge is 0.416 e. The molecule has 1 aliphatic rings. The summed E-state index contributed by atoms with van der Waals surface area (Å²) in [6, 6.07) is 10.6. The van der Waals surface area contributed by atoms with Crippen molar-refractivity contribution in [1.82, 2.24) is 5.32 Å². The summed E-state index contributed by atoms with van der Waals surface area (Å²) in [6.45, 7) is 1.10. The van der Waals surface area contributed by atoms with Crippen molar-refractivity contribution in [1.29, 1.82) is 0 Å². The molecule has 2 aromatic rings. The third-order valence-corrected chi connectivity index (χ3v) is 5.86. The van der Waals surface area contributed by atoms with Crippen molar-refractivity contribution in [2.75, 3.05) is 13.1 Å². The lowest BCUT2D eigenvalue weighted by molar-refractivity contribution is -0.143. The number of hydrogen-bond acceptors (Lipinski definition) is 2. The summed E-state index contributed by atoms with van der Waals surface area (Å²) in [6.07, 6.45) is -8.48. The summed E-state index contributed by atoms with van der Waals surface area (Å²) in [5.41, 5.74) is -2.78. The second kappa shape index (κ2) is 8.41. The van der Waals surface area contributed by atoms with Crippen LogP contribution in [0.1, 0.15) is 47.4 Å². The van der Waals surface area contributed by atoms with Crippen LogP contribution in [0.4, 0.5) is 26.3 Å². The Kier molecular flexibility index (Phi) is 6.26. The number of carbonyl (C=O) groups is 1. The summed E-state index contributed by atoms with van der Waals surface area (Å²) in [5, 5.41) is 3.18. The number of aldehydes is 1. The molecule has 0 aliphatic carbocycles. The zero-order valence-electron chi connectivity index (χ0n) is 16.0. The molecule has 2 nitrogen and oxygen atoms in total. The van der Waals surface area contributed by atoms with Crippen LogP contribution in [-0.2, 0) is 22.6 Å². The van der Waals surface area contributed by atoms with Crippen molar-refractivity contribution in [2.24, 2.45) is 0 Å². The Morgan fingerprint density at radius 2 is 1.43 bits per heavy atom. The Bertz CT molecular complexity index is 837. The number of carbonyl (C=O) groups excluding carboxylic acids is 1. The predicted molar refractivity (Wildman–Crippen MR) is 100 cm³/mol. The molecule has 0 aromatic heterocycles. The van der Waals surface area contributed by atoms with E-state index in [9.17, 15) is 31.1 Å². The number of rotatable bonds is 5. The molecule has 1 unspecified atom stereocenters. The van der Waals surface area contributed by atoms with Crippen LogP contribution >= 0.6 is 0 Å². The van der Waals surface area contributed by atoms with Gasteiger partial charge in [0.2, 0.25) is 0 Å². The van der Waals surface area contributed by atoms with Gasteiger partial charge in [-0.2, -0.15) is 26.3 Å². The van der Waals surface area contributed by atoms with E-state index in [0.29, 0.717) is 32.2 Å². The van der Waals surface area contributed by atoms with Gasteiger partial charge in [-0.1, -0.05) is 30.3 Å². The zero-order valence-corrected chi connectivity index (χ0v) is 16.0. The van der Waals surface area contributed by atoms with E-state index in [1.165, 1.54) is 0 Å². The minimum Gasteiger partial charge on any atom is -0.317 e. The van der Waals surface area contributed by atoms with E-state index in [4.69, 9.17) is 0 Å². The second-order valence-electron chi connectivity index (χ2n) is 7.57. The average molecular weight is 429 g/mol. The van der Waals surface area contributed by atoms with Crippen LogP contribution in [0, 0.1) is 0 Å². The highest BCUT2D eigenvalue weighted by Crippen LogP contribution is 2.49. The molecular formula is C22H21F6NO. The molecule has 0 radical (unpaired) electrons. The van der Waals surface area contributed by atoms with Crippen molar-refractivity contribution >= 4 is 6.29 Å². The molecule has 30 heavy (non-hydrogen) atoms. The summed E-state index contributed by atoms with van der Waals surface area (Å²) in [4.78, 5) is 11.5. The molecule has 0 bridgehead atoms. The molecule has 8 heteroatoms. The van der Waals surface area contributed by atoms with E-state index >= 15 is 0 Å². The Morgan fingerprint density at radius 1 is 0.900 bits per heavy atom. The van der Waals surface area contributed by atoms with Gasteiger partial charge in [0.15, 0.2) is 0 Å². The molecule has 0 saturated carbocycles. The molecule has 1 atom stereocenters. The van der Waals surface area contributed by atoms with Crippen LogP contribution in [0.3, 0.4) is 0 Å². The van der Waals surface area contributed by atoms with Crippen molar-refractivity contribution in [3.05, 3.63) is 70.8 Å². The van der Waals surface area contributed by atoms with Crippen LogP contribution in [0.15, 0.2) is 48.5 Å². The summed E-state index contributed by atoms with van der Waals surface area (Å²) >= 11 is 0. The van der Waals surface area contributed by atoms with Gasteiger partial charge < -0.3 is 10.1 Å². The highest BCUT2D eigenvalue weighted by Gasteiger charge is 2.44. The van der Waals surface area contributed by atoms with E-state index in [1.807, 2.05) is 12.1 Å². The maximum atomic E-state index is 13.4. The second-order valence-corrected chi connectivity index (χ2v) is 7.57. The SMILES string of the molecule is O=CCC(c1cc(C(F)(F)F)cc(C(F)(F)F)c1)C1(c2ccccc2)CCNCC1. The van der Waals surface area contributed by atoms with Gasteiger partial charge in [0.25, 0.3) is 0 Å². The molecule has 3 rings (SSSR count). The Hall–Kier alpha value is -2.35. The van der Waals surface area contributed by atoms with Gasteiger partial charge >= 0.3 is 12.4 Å². The number of alkyl halides is 6. The van der Waals surface area contributed by atoms with Crippen LogP contribution in [-0.4, -0.2) is 19.4 Å². The molecule has 0 amide bonds. The molecule has 1 fully saturated rings. The summed E-state index contributed by atoms with van der Waals surface area (Å²) in [7, 11) is 0. The fourth-order valence-electron chi connectivity index (χ4n) is 4.44. The molecular weight excluding hydrogens is 408 g/mol. The van der Waals surface area contributed by atoms with Crippen molar-refractivity contribution in [3.8, 4) is 0 Å². The number of nitrogens with one attached hydrogen (secondary N) is 1. The topological polar surface area (TPSA) is 29.1 Å². The van der Waals surface area contributed by atoms with E-state index in [-0.39, 0.29) is 18.1 Å². The number of halogens is 6. The maximum Gasteiger partial charge on any atom is 0.416 e. The first-order valence-electron chi connectivity index (χ1n) is 9.57. The average Bonchev–Trinajstić information content (AvgIpc) is 2.71. The van der Waals surface area contributed by atoms with Crippen LogP contribution in [0.25, 0.3) is 0 Å². The number of piperidine rings is 1. The molecule has 1 aliphatic heterocycles. The van der Waals surface area contributed by atoms with Crippen molar-refractivity contribution < 1.29 is 31.1 Å². The quantitative estimate of drug-likeness (QED) is 0.487. The number of hydrogen-bond donors (Lipinski definition) is 1. The van der Waals surface area contributed by atoms with Crippen LogP contribution in [0.2, 0.25) is 0 Å². The third-order valence-electron chi connectivity index (χ3n) is 5.86. The van der Waals surface area contributed by atoms with Gasteiger partial charge in [0, 0.05) is 17.8 Å². The van der Waals surface area contributed by atoms with Gasteiger partial charge in [-0.25, -0.2) is 0 Å². The van der Waals surface area contributed by atoms with Crippen LogP contribution < -0.4 is 5.32 Å². The Labute approximate surface area is 170 Å². The van der Waals surface area contributed by atoms with Gasteiger partial charge in [-0.3, -0.25) is 0 Å². The van der Waals surface area contributed by atoms with E-state index < -0.39 is 34.8 Å². The monoisotopic (exact) mass is 429 g/mol.